The summed E-state index contributed by atoms with van der Waals surface area (Å²) in [4.78, 5) is 11.9. The van der Waals surface area contributed by atoms with Crippen molar-refractivity contribution in [3.8, 4) is 0 Å². The molecule has 0 aliphatic carbocycles. The quantitative estimate of drug-likeness (QED) is 0.688. The van der Waals surface area contributed by atoms with Crippen molar-refractivity contribution < 1.29 is 17.6 Å². The summed E-state index contributed by atoms with van der Waals surface area (Å²) < 4.78 is 37.7. The van der Waals surface area contributed by atoms with E-state index in [1.54, 1.807) is 13.8 Å². The van der Waals surface area contributed by atoms with E-state index in [9.17, 15) is 17.6 Å². The van der Waals surface area contributed by atoms with E-state index in [1.807, 2.05) is 0 Å². The van der Waals surface area contributed by atoms with E-state index >= 15 is 0 Å². The minimum Gasteiger partial charge on any atom is -0.396 e. The number of rotatable bonds is 5. The first kappa shape index (κ1) is 16.4. The average Bonchev–Trinajstić information content (AvgIpc) is 2.26. The largest absolute Gasteiger partial charge is 0.396 e. The molecule has 8 heteroatoms. The van der Waals surface area contributed by atoms with Crippen LogP contribution in [-0.2, 0) is 10.0 Å². The third-order valence-corrected chi connectivity index (χ3v) is 3.33. The van der Waals surface area contributed by atoms with E-state index in [1.165, 1.54) is 12.1 Å². The van der Waals surface area contributed by atoms with Crippen molar-refractivity contribution in [2.45, 2.75) is 19.4 Å². The van der Waals surface area contributed by atoms with Crippen LogP contribution in [-0.4, -0.2) is 32.7 Å². The van der Waals surface area contributed by atoms with Crippen LogP contribution in [0.3, 0.4) is 0 Å². The summed E-state index contributed by atoms with van der Waals surface area (Å²) in [5.41, 5.74) is 4.63. The second-order valence-electron chi connectivity index (χ2n) is 5.18. The molecular formula is C12H18FN3O3S. The molecule has 0 unspecified atom stereocenters. The molecule has 0 aliphatic heterocycles. The molecular weight excluding hydrogens is 285 g/mol. The van der Waals surface area contributed by atoms with Gasteiger partial charge in [-0.1, -0.05) is 0 Å². The average molecular weight is 303 g/mol. The van der Waals surface area contributed by atoms with Crippen LogP contribution in [0.15, 0.2) is 18.2 Å². The molecule has 1 rings (SSSR count). The number of carbonyl (C=O) groups is 1. The van der Waals surface area contributed by atoms with E-state index in [2.05, 4.69) is 10.0 Å². The lowest BCUT2D eigenvalue weighted by atomic mass is 10.1. The highest BCUT2D eigenvalue weighted by Gasteiger charge is 2.23. The van der Waals surface area contributed by atoms with Gasteiger partial charge in [-0.25, -0.2) is 17.5 Å². The lowest BCUT2D eigenvalue weighted by Gasteiger charge is -2.25. The third-order valence-electron chi connectivity index (χ3n) is 2.41. The molecule has 0 fully saturated rings. The minimum absolute atomic E-state index is 0.0795. The smallest absolute Gasteiger partial charge is 0.251 e. The predicted molar refractivity (Wildman–Crippen MR) is 75.2 cm³/mol. The molecule has 0 aliphatic rings. The SMILES string of the molecule is CC(C)(CNC(=O)c1ccc(F)c(N)c1)NS(C)(=O)=O. The molecule has 112 valence electrons. The van der Waals surface area contributed by atoms with Crippen molar-refractivity contribution >= 4 is 21.6 Å². The lowest BCUT2D eigenvalue weighted by molar-refractivity contribution is 0.0944. The lowest BCUT2D eigenvalue weighted by Crippen LogP contribution is -2.51. The van der Waals surface area contributed by atoms with Crippen molar-refractivity contribution in [1.82, 2.24) is 10.0 Å². The van der Waals surface area contributed by atoms with Crippen LogP contribution in [0.1, 0.15) is 24.2 Å². The number of benzene rings is 1. The van der Waals surface area contributed by atoms with Gasteiger partial charge >= 0.3 is 0 Å². The van der Waals surface area contributed by atoms with E-state index < -0.39 is 27.3 Å². The number of nitrogens with one attached hydrogen (secondary N) is 2. The van der Waals surface area contributed by atoms with Crippen molar-refractivity contribution in [3.05, 3.63) is 29.6 Å². The van der Waals surface area contributed by atoms with Gasteiger partial charge in [-0.05, 0) is 32.0 Å². The Balaban J connectivity index is 2.69. The number of amides is 1. The summed E-state index contributed by atoms with van der Waals surface area (Å²) in [6.45, 7) is 3.34. The maximum absolute atomic E-state index is 13.0. The van der Waals surface area contributed by atoms with Gasteiger partial charge in [-0.2, -0.15) is 0 Å². The highest BCUT2D eigenvalue weighted by atomic mass is 32.2. The first-order valence-corrected chi connectivity index (χ1v) is 7.71. The van der Waals surface area contributed by atoms with E-state index in [0.29, 0.717) is 0 Å². The zero-order valence-corrected chi connectivity index (χ0v) is 12.3. The molecule has 0 atom stereocenters. The molecule has 0 heterocycles. The highest BCUT2D eigenvalue weighted by Crippen LogP contribution is 2.12. The van der Waals surface area contributed by atoms with Crippen molar-refractivity contribution in [1.29, 1.82) is 0 Å². The highest BCUT2D eigenvalue weighted by molar-refractivity contribution is 7.88. The Labute approximate surface area is 117 Å². The summed E-state index contributed by atoms with van der Waals surface area (Å²) in [5.74, 6) is -1.05. The molecule has 1 aromatic rings. The molecule has 6 nitrogen and oxygen atoms in total. The van der Waals surface area contributed by atoms with E-state index in [4.69, 9.17) is 5.73 Å². The molecule has 0 bridgehead atoms. The standard InChI is InChI=1S/C12H18FN3O3S/c1-12(2,16-20(3,18)19)7-15-11(17)8-4-5-9(13)10(14)6-8/h4-6,16H,7,14H2,1-3H3,(H,15,17). The van der Waals surface area contributed by atoms with Gasteiger partial charge in [0.15, 0.2) is 0 Å². The molecule has 0 aromatic heterocycles. The number of nitrogen functional groups attached to an aromatic ring is 1. The van der Waals surface area contributed by atoms with Crippen LogP contribution >= 0.6 is 0 Å². The Bertz CT molecular complexity index is 614. The zero-order valence-electron chi connectivity index (χ0n) is 11.5. The Morgan fingerprint density at radius 2 is 2.00 bits per heavy atom. The topological polar surface area (TPSA) is 101 Å². The van der Waals surface area contributed by atoms with Crippen LogP contribution in [0.4, 0.5) is 10.1 Å². The van der Waals surface area contributed by atoms with Crippen molar-refractivity contribution in [2.24, 2.45) is 0 Å². The molecule has 4 N–H and O–H groups in total. The fourth-order valence-corrected chi connectivity index (χ4v) is 2.70. The number of anilines is 1. The van der Waals surface area contributed by atoms with Crippen LogP contribution in [0.25, 0.3) is 0 Å². The third kappa shape index (κ3) is 5.14. The summed E-state index contributed by atoms with van der Waals surface area (Å²) in [7, 11) is -3.38. The number of hydrogen-bond acceptors (Lipinski definition) is 4. The summed E-state index contributed by atoms with van der Waals surface area (Å²) in [6, 6.07) is 3.63. The van der Waals surface area contributed by atoms with Crippen LogP contribution < -0.4 is 15.8 Å². The second-order valence-corrected chi connectivity index (χ2v) is 6.93. The van der Waals surface area contributed by atoms with Crippen LogP contribution in [0.5, 0.6) is 0 Å². The number of sulfonamides is 1. The molecule has 1 amide bonds. The number of carbonyl (C=O) groups excluding carboxylic acids is 1. The Morgan fingerprint density at radius 3 is 2.50 bits per heavy atom. The molecule has 0 saturated heterocycles. The Hall–Kier alpha value is -1.67. The maximum Gasteiger partial charge on any atom is 0.251 e. The number of halogens is 1. The second kappa shape index (κ2) is 5.76. The fourth-order valence-electron chi connectivity index (χ4n) is 1.63. The predicted octanol–water partition coefficient (Wildman–Crippen LogP) is 0.466. The maximum atomic E-state index is 13.0. The van der Waals surface area contributed by atoms with E-state index in [-0.39, 0.29) is 17.8 Å². The van der Waals surface area contributed by atoms with Gasteiger partial charge in [0, 0.05) is 17.6 Å². The number of nitrogens with two attached hydrogens (primary N) is 1. The van der Waals surface area contributed by atoms with Gasteiger partial charge in [0.05, 0.1) is 11.9 Å². The van der Waals surface area contributed by atoms with Crippen LogP contribution in [0.2, 0.25) is 0 Å². The van der Waals surface area contributed by atoms with Crippen molar-refractivity contribution in [2.75, 3.05) is 18.5 Å². The summed E-state index contributed by atoms with van der Waals surface area (Å²) >= 11 is 0. The van der Waals surface area contributed by atoms with Gasteiger partial charge in [0.25, 0.3) is 5.91 Å². The monoisotopic (exact) mass is 303 g/mol. The first-order valence-electron chi connectivity index (χ1n) is 5.82. The Morgan fingerprint density at radius 1 is 1.40 bits per heavy atom. The summed E-state index contributed by atoms with van der Waals surface area (Å²) in [5, 5.41) is 2.56. The molecule has 0 spiro atoms. The molecule has 1 aromatic carbocycles. The summed E-state index contributed by atoms with van der Waals surface area (Å²) in [6.07, 6.45) is 1.04. The van der Waals surface area contributed by atoms with Crippen LogP contribution in [0, 0.1) is 5.82 Å². The van der Waals surface area contributed by atoms with Crippen molar-refractivity contribution in [3.63, 3.8) is 0 Å². The van der Waals surface area contributed by atoms with Gasteiger partial charge in [-0.15, -0.1) is 0 Å². The first-order chi connectivity index (χ1) is 9.00. The van der Waals surface area contributed by atoms with Gasteiger partial charge in [0.1, 0.15) is 5.82 Å². The normalized spacial score (nSPS) is 12.2. The fraction of sp³-hybridized carbons (Fsp3) is 0.417. The minimum atomic E-state index is -3.38. The number of hydrogen-bond donors (Lipinski definition) is 3. The molecule has 0 radical (unpaired) electrons. The van der Waals surface area contributed by atoms with Gasteiger partial charge in [-0.3, -0.25) is 4.79 Å². The zero-order chi connectivity index (χ0) is 15.6. The van der Waals surface area contributed by atoms with E-state index in [0.717, 1.165) is 12.3 Å². The molecule has 20 heavy (non-hydrogen) atoms. The van der Waals surface area contributed by atoms with Gasteiger partial charge in [0.2, 0.25) is 10.0 Å². The molecule has 0 saturated carbocycles. The Kier molecular flexibility index (Phi) is 4.72. The van der Waals surface area contributed by atoms with Gasteiger partial charge < -0.3 is 11.1 Å².